The monoisotopic (exact) mass is 342 g/mol. The van der Waals surface area contributed by atoms with Gasteiger partial charge in [0.05, 0.1) is 0 Å². The van der Waals surface area contributed by atoms with E-state index in [4.69, 9.17) is 4.74 Å². The molecule has 2 aromatic rings. The van der Waals surface area contributed by atoms with E-state index in [1.54, 1.807) is 0 Å². The van der Waals surface area contributed by atoms with Gasteiger partial charge in [0.25, 0.3) is 6.43 Å². The molecule has 0 heterocycles. The van der Waals surface area contributed by atoms with Crippen molar-refractivity contribution in [3.05, 3.63) is 47.5 Å². The Labute approximate surface area is 126 Å². The lowest BCUT2D eigenvalue weighted by atomic mass is 9.97. The second-order valence-electron chi connectivity index (χ2n) is 4.74. The van der Waals surface area contributed by atoms with Gasteiger partial charge in [0, 0.05) is 11.4 Å². The van der Waals surface area contributed by atoms with Crippen LogP contribution < -0.4 is 0 Å². The number of rotatable bonds is 6. The molecule has 1 nitrogen and oxygen atoms in total. The topological polar surface area (TPSA) is 9.23 Å². The van der Waals surface area contributed by atoms with Crippen molar-refractivity contribution in [2.24, 2.45) is 0 Å². The summed E-state index contributed by atoms with van der Waals surface area (Å²) in [6.07, 6.45) is -1.73. The molecule has 1 atom stereocenters. The van der Waals surface area contributed by atoms with Crippen LogP contribution in [-0.2, 0) is 4.74 Å². The first kappa shape index (κ1) is 15.4. The Morgan fingerprint density at radius 1 is 1.10 bits per heavy atom. The molecule has 0 N–H and O–H groups in total. The van der Waals surface area contributed by atoms with E-state index in [2.05, 4.69) is 47.1 Å². The molecule has 0 aliphatic carbocycles. The van der Waals surface area contributed by atoms with Gasteiger partial charge >= 0.3 is 0 Å². The fourth-order valence-electron chi connectivity index (χ4n) is 2.26. The van der Waals surface area contributed by atoms with Gasteiger partial charge in [-0.2, -0.15) is 0 Å². The van der Waals surface area contributed by atoms with Gasteiger partial charge in [-0.1, -0.05) is 52.3 Å². The van der Waals surface area contributed by atoms with Crippen LogP contribution in [-0.4, -0.2) is 19.6 Å². The third-order valence-electron chi connectivity index (χ3n) is 3.27. The highest BCUT2D eigenvalue weighted by molar-refractivity contribution is 9.09. The second kappa shape index (κ2) is 7.14. The summed E-state index contributed by atoms with van der Waals surface area (Å²) in [5, 5.41) is 2.42. The fourth-order valence-corrected chi connectivity index (χ4v) is 2.85. The van der Waals surface area contributed by atoms with Crippen molar-refractivity contribution in [3.8, 4) is 0 Å². The highest BCUT2D eigenvalue weighted by atomic mass is 79.9. The zero-order valence-corrected chi connectivity index (χ0v) is 12.9. The Morgan fingerprint density at radius 2 is 1.80 bits per heavy atom. The Hall–Kier alpha value is -1.00. The van der Waals surface area contributed by atoms with Gasteiger partial charge < -0.3 is 4.74 Å². The van der Waals surface area contributed by atoms with Gasteiger partial charge in [0.15, 0.2) is 0 Å². The molecule has 0 bridgehead atoms. The maximum absolute atomic E-state index is 12.0. The summed E-state index contributed by atoms with van der Waals surface area (Å²) in [5.41, 5.74) is 2.41. The fraction of sp³-hybridized carbons (Fsp3) is 0.375. The van der Waals surface area contributed by atoms with Crippen molar-refractivity contribution in [1.82, 2.24) is 0 Å². The predicted molar refractivity (Wildman–Crippen MR) is 81.8 cm³/mol. The summed E-state index contributed by atoms with van der Waals surface area (Å²) < 4.78 is 28.9. The minimum Gasteiger partial charge on any atom is -0.375 e. The maximum Gasteiger partial charge on any atom is 0.261 e. The average Bonchev–Trinajstić information content (AvgIpc) is 2.44. The highest BCUT2D eigenvalue weighted by Gasteiger charge is 2.12. The molecule has 0 amide bonds. The Balaban J connectivity index is 2.10. The maximum atomic E-state index is 12.0. The summed E-state index contributed by atoms with van der Waals surface area (Å²) in [4.78, 5) is 0.102. The smallest absolute Gasteiger partial charge is 0.261 e. The molecular formula is C16H17BrF2O. The van der Waals surface area contributed by atoms with Crippen LogP contribution in [0.25, 0.3) is 10.8 Å². The van der Waals surface area contributed by atoms with E-state index in [9.17, 15) is 8.78 Å². The Bertz CT molecular complexity index is 571. The van der Waals surface area contributed by atoms with Crippen LogP contribution in [0.1, 0.15) is 22.4 Å². The lowest BCUT2D eigenvalue weighted by Crippen LogP contribution is -2.07. The molecule has 0 fully saturated rings. The lowest BCUT2D eigenvalue weighted by Gasteiger charge is -2.14. The molecule has 0 aliphatic rings. The summed E-state index contributed by atoms with van der Waals surface area (Å²) in [5.74, 6) is 0. The SMILES string of the molecule is Cc1ccc(C(Br)CCOCC(F)F)c2ccccc12. The zero-order chi connectivity index (χ0) is 14.5. The number of fused-ring (bicyclic) bond motifs is 1. The van der Waals surface area contributed by atoms with Crippen LogP contribution in [0.3, 0.4) is 0 Å². The first-order chi connectivity index (χ1) is 9.59. The summed E-state index contributed by atoms with van der Waals surface area (Å²) >= 11 is 3.63. The minimum atomic E-state index is -2.40. The molecule has 0 aromatic heterocycles. The molecule has 0 saturated carbocycles. The second-order valence-corrected chi connectivity index (χ2v) is 5.84. The van der Waals surface area contributed by atoms with E-state index in [0.29, 0.717) is 13.0 Å². The molecule has 0 aliphatic heterocycles. The van der Waals surface area contributed by atoms with E-state index in [0.717, 1.165) is 0 Å². The summed E-state index contributed by atoms with van der Waals surface area (Å²) in [6.45, 7) is 1.91. The molecule has 0 radical (unpaired) electrons. The van der Waals surface area contributed by atoms with Crippen LogP contribution in [0, 0.1) is 6.92 Å². The lowest BCUT2D eigenvalue weighted by molar-refractivity contribution is 0.0167. The molecule has 0 saturated heterocycles. The van der Waals surface area contributed by atoms with E-state index < -0.39 is 13.0 Å². The van der Waals surface area contributed by atoms with Gasteiger partial charge in [-0.05, 0) is 35.2 Å². The zero-order valence-electron chi connectivity index (χ0n) is 11.3. The quantitative estimate of drug-likeness (QED) is 0.514. The summed E-state index contributed by atoms with van der Waals surface area (Å²) in [7, 11) is 0. The number of alkyl halides is 3. The molecule has 1 unspecified atom stereocenters. The van der Waals surface area contributed by atoms with Gasteiger partial charge in [0.2, 0.25) is 0 Å². The number of halogens is 3. The molecule has 0 spiro atoms. The molecule has 20 heavy (non-hydrogen) atoms. The largest absolute Gasteiger partial charge is 0.375 e. The van der Waals surface area contributed by atoms with E-state index in [1.807, 2.05) is 12.1 Å². The van der Waals surface area contributed by atoms with Gasteiger partial charge in [-0.3, -0.25) is 0 Å². The van der Waals surface area contributed by atoms with Crippen molar-refractivity contribution in [2.45, 2.75) is 24.6 Å². The predicted octanol–water partition coefficient (Wildman–Crippen LogP) is 5.26. The third-order valence-corrected chi connectivity index (χ3v) is 4.22. The molecule has 2 aromatic carbocycles. The van der Waals surface area contributed by atoms with Crippen LogP contribution >= 0.6 is 15.9 Å². The average molecular weight is 343 g/mol. The van der Waals surface area contributed by atoms with Crippen LogP contribution in [0.2, 0.25) is 0 Å². The number of hydrogen-bond acceptors (Lipinski definition) is 1. The molecule has 4 heteroatoms. The number of aryl methyl sites for hydroxylation is 1. The number of ether oxygens (including phenoxy) is 1. The standard InChI is InChI=1S/C16H17BrF2O/c1-11-6-7-14(13-5-3-2-4-12(11)13)15(17)8-9-20-10-16(18)19/h2-7,15-16H,8-10H2,1H3. The number of benzene rings is 2. The van der Waals surface area contributed by atoms with E-state index in [1.165, 1.54) is 21.9 Å². The van der Waals surface area contributed by atoms with Crippen molar-refractivity contribution in [2.75, 3.05) is 13.2 Å². The molecular weight excluding hydrogens is 326 g/mol. The third kappa shape index (κ3) is 3.76. The summed E-state index contributed by atoms with van der Waals surface area (Å²) in [6, 6.07) is 12.4. The Morgan fingerprint density at radius 3 is 2.50 bits per heavy atom. The van der Waals surface area contributed by atoms with Crippen LogP contribution in [0.15, 0.2) is 36.4 Å². The molecule has 108 valence electrons. The van der Waals surface area contributed by atoms with Gasteiger partial charge in [0.1, 0.15) is 6.61 Å². The van der Waals surface area contributed by atoms with Gasteiger partial charge in [-0.15, -0.1) is 0 Å². The number of hydrogen-bond donors (Lipinski definition) is 0. The van der Waals surface area contributed by atoms with Crippen LogP contribution in [0.5, 0.6) is 0 Å². The van der Waals surface area contributed by atoms with Crippen LogP contribution in [0.4, 0.5) is 8.78 Å². The van der Waals surface area contributed by atoms with Crippen molar-refractivity contribution in [3.63, 3.8) is 0 Å². The van der Waals surface area contributed by atoms with Crippen molar-refractivity contribution >= 4 is 26.7 Å². The van der Waals surface area contributed by atoms with E-state index in [-0.39, 0.29) is 4.83 Å². The normalized spacial score (nSPS) is 13.1. The first-order valence-corrected chi connectivity index (χ1v) is 7.49. The Kier molecular flexibility index (Phi) is 5.49. The minimum absolute atomic E-state index is 0.102. The molecule has 2 rings (SSSR count). The van der Waals surface area contributed by atoms with E-state index >= 15 is 0 Å². The van der Waals surface area contributed by atoms with Crippen molar-refractivity contribution < 1.29 is 13.5 Å². The van der Waals surface area contributed by atoms with Crippen molar-refractivity contribution in [1.29, 1.82) is 0 Å². The van der Waals surface area contributed by atoms with Gasteiger partial charge in [-0.25, -0.2) is 8.78 Å². The first-order valence-electron chi connectivity index (χ1n) is 6.58. The highest BCUT2D eigenvalue weighted by Crippen LogP contribution is 2.33.